The fourth-order valence-electron chi connectivity index (χ4n) is 2.93. The highest BCUT2D eigenvalue weighted by molar-refractivity contribution is 6.42. The molecule has 162 valence electrons. The van der Waals surface area contributed by atoms with Gasteiger partial charge in [0.15, 0.2) is 0 Å². The summed E-state index contributed by atoms with van der Waals surface area (Å²) in [5, 5.41) is 13.7. The van der Waals surface area contributed by atoms with Crippen LogP contribution >= 0.6 is 34.8 Å². The van der Waals surface area contributed by atoms with Crippen LogP contribution in [0.1, 0.15) is 22.3 Å². The van der Waals surface area contributed by atoms with Crippen molar-refractivity contribution in [3.63, 3.8) is 0 Å². The van der Waals surface area contributed by atoms with Crippen LogP contribution in [0.2, 0.25) is 15.1 Å². The molecular weight excluding hydrogens is 467 g/mol. The fraction of sp³-hybridized carbons (Fsp3) is 0.120. The first kappa shape index (κ1) is 23.7. The van der Waals surface area contributed by atoms with Gasteiger partial charge >= 0.3 is 0 Å². The Bertz CT molecular complexity index is 1250. The van der Waals surface area contributed by atoms with Gasteiger partial charge in [0.25, 0.3) is 5.91 Å². The van der Waals surface area contributed by atoms with E-state index in [-0.39, 0.29) is 12.2 Å². The number of aryl methyl sites for hydroxylation is 1. The zero-order valence-electron chi connectivity index (χ0n) is 17.4. The number of amides is 1. The maximum absolute atomic E-state index is 12.8. The van der Waals surface area contributed by atoms with E-state index in [4.69, 9.17) is 39.5 Å². The van der Waals surface area contributed by atoms with Crippen LogP contribution in [-0.4, -0.2) is 5.91 Å². The molecule has 0 radical (unpaired) electrons. The minimum absolute atomic E-state index is 0.0763. The molecule has 1 amide bonds. The lowest BCUT2D eigenvalue weighted by atomic mass is 10.1. The predicted octanol–water partition coefficient (Wildman–Crippen LogP) is 7.39. The summed E-state index contributed by atoms with van der Waals surface area (Å²) < 4.78 is 5.91. The van der Waals surface area contributed by atoms with Gasteiger partial charge in [0.1, 0.15) is 24.0 Å². The molecule has 32 heavy (non-hydrogen) atoms. The number of halogens is 3. The molecule has 3 aromatic rings. The van der Waals surface area contributed by atoms with Gasteiger partial charge < -0.3 is 10.1 Å². The second kappa shape index (κ2) is 10.6. The highest BCUT2D eigenvalue weighted by Crippen LogP contribution is 2.28. The summed E-state index contributed by atoms with van der Waals surface area (Å²) >= 11 is 18.2. The molecule has 0 fully saturated rings. The topological polar surface area (TPSA) is 62.1 Å². The summed E-state index contributed by atoms with van der Waals surface area (Å²) in [5.41, 5.74) is 3.87. The Morgan fingerprint density at radius 2 is 1.84 bits per heavy atom. The van der Waals surface area contributed by atoms with Crippen LogP contribution in [0, 0.1) is 25.2 Å². The molecule has 0 heterocycles. The van der Waals surface area contributed by atoms with Crippen molar-refractivity contribution in [2.75, 3.05) is 5.32 Å². The Morgan fingerprint density at radius 3 is 2.56 bits per heavy atom. The van der Waals surface area contributed by atoms with Crippen LogP contribution in [0.5, 0.6) is 5.75 Å². The third kappa shape index (κ3) is 5.83. The Morgan fingerprint density at radius 1 is 1.06 bits per heavy atom. The number of benzene rings is 3. The molecule has 7 heteroatoms. The second-order valence-corrected chi connectivity index (χ2v) is 8.34. The van der Waals surface area contributed by atoms with E-state index in [1.54, 1.807) is 42.5 Å². The minimum atomic E-state index is -0.517. The molecular formula is C25H19Cl3N2O2. The number of nitrogens with zero attached hydrogens (tertiary/aromatic N) is 1. The average molecular weight is 486 g/mol. The highest BCUT2D eigenvalue weighted by Gasteiger charge is 2.14. The molecule has 0 unspecified atom stereocenters. The summed E-state index contributed by atoms with van der Waals surface area (Å²) in [6.07, 6.45) is 1.45. The number of ether oxygens (including phenoxy) is 1. The maximum atomic E-state index is 12.8. The molecule has 3 aromatic carbocycles. The van der Waals surface area contributed by atoms with Crippen LogP contribution in [0.15, 0.2) is 60.2 Å². The number of rotatable bonds is 6. The number of nitriles is 1. The first-order valence-corrected chi connectivity index (χ1v) is 10.8. The van der Waals surface area contributed by atoms with Crippen LogP contribution < -0.4 is 10.1 Å². The molecule has 0 aliphatic heterocycles. The normalized spacial score (nSPS) is 11.1. The van der Waals surface area contributed by atoms with Crippen molar-refractivity contribution in [2.45, 2.75) is 20.5 Å². The molecule has 0 bridgehead atoms. The van der Waals surface area contributed by atoms with E-state index in [0.29, 0.717) is 32.1 Å². The standard InChI is InChI=1S/C25H19Cl3N2O2/c1-15-4-3-5-23(16(15)2)30-25(31)19(13-29)11-18-12-20(26)7-9-24(18)32-14-17-6-8-21(27)22(28)10-17/h3-12H,14H2,1-2H3,(H,30,31)/b19-11+. The summed E-state index contributed by atoms with van der Waals surface area (Å²) in [6.45, 7) is 4.08. The summed E-state index contributed by atoms with van der Waals surface area (Å²) in [5.74, 6) is -0.0515. The second-order valence-electron chi connectivity index (χ2n) is 7.09. The van der Waals surface area contributed by atoms with Gasteiger partial charge in [0.05, 0.1) is 10.0 Å². The van der Waals surface area contributed by atoms with E-state index in [1.807, 2.05) is 32.0 Å². The Kier molecular flexibility index (Phi) is 7.82. The molecule has 0 spiro atoms. The van der Waals surface area contributed by atoms with Gasteiger partial charge in [0, 0.05) is 16.3 Å². The highest BCUT2D eigenvalue weighted by atomic mass is 35.5. The Balaban J connectivity index is 1.85. The molecule has 0 aromatic heterocycles. The number of hydrogen-bond acceptors (Lipinski definition) is 3. The zero-order chi connectivity index (χ0) is 23.3. The minimum Gasteiger partial charge on any atom is -0.488 e. The largest absolute Gasteiger partial charge is 0.488 e. The van der Waals surface area contributed by atoms with Gasteiger partial charge in [-0.25, -0.2) is 0 Å². The summed E-state index contributed by atoms with van der Waals surface area (Å²) in [6, 6.07) is 17.7. The van der Waals surface area contributed by atoms with Crippen molar-refractivity contribution in [3.05, 3.63) is 97.5 Å². The molecule has 1 N–H and O–H groups in total. The third-order valence-corrected chi connectivity index (χ3v) is 5.84. The van der Waals surface area contributed by atoms with E-state index < -0.39 is 5.91 Å². The van der Waals surface area contributed by atoms with Crippen molar-refractivity contribution in [3.8, 4) is 11.8 Å². The van der Waals surface area contributed by atoms with E-state index in [9.17, 15) is 10.1 Å². The summed E-state index contributed by atoms with van der Waals surface area (Å²) in [7, 11) is 0. The fourth-order valence-corrected chi connectivity index (χ4v) is 3.44. The average Bonchev–Trinajstić information content (AvgIpc) is 2.76. The molecule has 3 rings (SSSR count). The van der Waals surface area contributed by atoms with E-state index in [0.717, 1.165) is 16.7 Å². The lowest BCUT2D eigenvalue weighted by Crippen LogP contribution is -2.14. The molecule has 0 atom stereocenters. The molecule has 0 saturated heterocycles. The van der Waals surface area contributed by atoms with Gasteiger partial charge in [-0.2, -0.15) is 5.26 Å². The quantitative estimate of drug-likeness (QED) is 0.292. The van der Waals surface area contributed by atoms with Crippen molar-refractivity contribution in [1.82, 2.24) is 0 Å². The van der Waals surface area contributed by atoms with Crippen molar-refractivity contribution in [1.29, 1.82) is 5.26 Å². The first-order valence-electron chi connectivity index (χ1n) is 9.64. The smallest absolute Gasteiger partial charge is 0.266 e. The van der Waals surface area contributed by atoms with Crippen molar-refractivity contribution >= 4 is 52.5 Å². The van der Waals surface area contributed by atoms with Gasteiger partial charge in [-0.05, 0) is 73.0 Å². The molecule has 0 saturated carbocycles. The van der Waals surface area contributed by atoms with Crippen LogP contribution in [0.3, 0.4) is 0 Å². The zero-order valence-corrected chi connectivity index (χ0v) is 19.6. The van der Waals surface area contributed by atoms with Crippen LogP contribution in [0.4, 0.5) is 5.69 Å². The number of carbonyl (C=O) groups is 1. The number of carbonyl (C=O) groups excluding carboxylic acids is 1. The maximum Gasteiger partial charge on any atom is 0.266 e. The SMILES string of the molecule is Cc1cccc(NC(=O)/C(C#N)=C/c2cc(Cl)ccc2OCc2ccc(Cl)c(Cl)c2)c1C. The Labute approximate surface area is 202 Å². The number of hydrogen-bond donors (Lipinski definition) is 1. The van der Waals surface area contributed by atoms with Gasteiger partial charge in [-0.1, -0.05) is 53.0 Å². The van der Waals surface area contributed by atoms with Crippen molar-refractivity contribution < 1.29 is 9.53 Å². The van der Waals surface area contributed by atoms with E-state index >= 15 is 0 Å². The summed E-state index contributed by atoms with van der Waals surface area (Å²) in [4.78, 5) is 12.8. The van der Waals surface area contributed by atoms with Gasteiger partial charge in [-0.15, -0.1) is 0 Å². The predicted molar refractivity (Wildman–Crippen MR) is 130 cm³/mol. The van der Waals surface area contributed by atoms with Crippen molar-refractivity contribution in [2.24, 2.45) is 0 Å². The lowest BCUT2D eigenvalue weighted by molar-refractivity contribution is -0.112. The van der Waals surface area contributed by atoms with E-state index in [1.165, 1.54) is 6.08 Å². The van der Waals surface area contributed by atoms with Gasteiger partial charge in [-0.3, -0.25) is 4.79 Å². The Hall–Kier alpha value is -2.97. The molecule has 4 nitrogen and oxygen atoms in total. The third-order valence-electron chi connectivity index (χ3n) is 4.87. The molecule has 0 aliphatic carbocycles. The monoisotopic (exact) mass is 484 g/mol. The number of anilines is 1. The first-order chi connectivity index (χ1) is 15.3. The van der Waals surface area contributed by atoms with Gasteiger partial charge in [0.2, 0.25) is 0 Å². The van der Waals surface area contributed by atoms with Crippen LogP contribution in [-0.2, 0) is 11.4 Å². The van der Waals surface area contributed by atoms with E-state index in [2.05, 4.69) is 5.32 Å². The number of nitrogens with one attached hydrogen (secondary N) is 1. The molecule has 0 aliphatic rings. The lowest BCUT2D eigenvalue weighted by Gasteiger charge is -2.12. The van der Waals surface area contributed by atoms with Crippen LogP contribution in [0.25, 0.3) is 6.08 Å².